The molecule has 1 atom stereocenters. The highest BCUT2D eigenvalue weighted by Crippen LogP contribution is 1.99. The molecule has 0 spiro atoms. The predicted octanol–water partition coefficient (Wildman–Crippen LogP) is -0.161. The van der Waals surface area contributed by atoms with Crippen molar-refractivity contribution < 1.29 is 4.79 Å². The Hall–Kier alpha value is -1.36. The predicted molar refractivity (Wildman–Crippen MR) is 53.8 cm³/mol. The van der Waals surface area contributed by atoms with E-state index < -0.39 is 0 Å². The lowest BCUT2D eigenvalue weighted by Crippen LogP contribution is -2.37. The lowest BCUT2D eigenvalue weighted by molar-refractivity contribution is 0.0783. The summed E-state index contributed by atoms with van der Waals surface area (Å²) in [5.74, 6) is -0.0945. The molecule has 1 rings (SSSR count). The van der Waals surface area contributed by atoms with E-state index in [-0.39, 0.29) is 11.9 Å². The normalized spacial score (nSPS) is 12.6. The monoisotopic (exact) mass is 196 g/mol. The van der Waals surface area contributed by atoms with E-state index in [0.717, 1.165) is 0 Å². The molecule has 0 aliphatic heterocycles. The van der Waals surface area contributed by atoms with Crippen molar-refractivity contribution in [3.05, 3.63) is 18.2 Å². The fourth-order valence-electron chi connectivity index (χ4n) is 1.23. The second-order valence-corrected chi connectivity index (χ2v) is 3.59. The first-order valence-corrected chi connectivity index (χ1v) is 4.49. The number of aryl methyl sites for hydroxylation is 1. The molecule has 5 nitrogen and oxygen atoms in total. The van der Waals surface area contributed by atoms with Crippen LogP contribution in [0.2, 0.25) is 0 Å². The lowest BCUT2D eigenvalue weighted by atomic mass is 10.3. The number of nitrogens with two attached hydrogens (primary N) is 1. The maximum Gasteiger partial charge on any atom is 0.273 e. The molecule has 0 bridgehead atoms. The van der Waals surface area contributed by atoms with Gasteiger partial charge in [-0.15, -0.1) is 0 Å². The smallest absolute Gasteiger partial charge is 0.273 e. The van der Waals surface area contributed by atoms with Gasteiger partial charge >= 0.3 is 0 Å². The van der Waals surface area contributed by atoms with Gasteiger partial charge in [0, 0.05) is 32.9 Å². The molecule has 1 unspecified atom stereocenters. The van der Waals surface area contributed by atoms with E-state index in [4.69, 9.17) is 5.73 Å². The number of rotatable bonds is 3. The quantitative estimate of drug-likeness (QED) is 0.730. The van der Waals surface area contributed by atoms with Crippen LogP contribution in [0.3, 0.4) is 0 Å². The van der Waals surface area contributed by atoms with E-state index in [0.29, 0.717) is 12.2 Å². The van der Waals surface area contributed by atoms with Crippen molar-refractivity contribution in [2.75, 3.05) is 13.6 Å². The summed E-state index contributed by atoms with van der Waals surface area (Å²) in [6, 6.07) is -0.0207. The number of hydrogen-bond donors (Lipinski definition) is 1. The molecular weight excluding hydrogens is 180 g/mol. The number of aromatic nitrogens is 2. The van der Waals surface area contributed by atoms with Crippen LogP contribution in [0.25, 0.3) is 0 Å². The maximum absolute atomic E-state index is 11.7. The van der Waals surface area contributed by atoms with Gasteiger partial charge in [0.05, 0.1) is 6.33 Å². The molecule has 0 fully saturated rings. The summed E-state index contributed by atoms with van der Waals surface area (Å²) < 4.78 is 1.74. The minimum atomic E-state index is -0.0945. The Kier molecular flexibility index (Phi) is 3.24. The van der Waals surface area contributed by atoms with E-state index >= 15 is 0 Å². The summed E-state index contributed by atoms with van der Waals surface area (Å²) in [6.45, 7) is 2.40. The van der Waals surface area contributed by atoms with Crippen LogP contribution in [0.5, 0.6) is 0 Å². The van der Waals surface area contributed by atoms with Crippen LogP contribution in [0.4, 0.5) is 0 Å². The number of imidazole rings is 1. The van der Waals surface area contributed by atoms with Crippen LogP contribution in [0.15, 0.2) is 12.5 Å². The molecule has 0 saturated carbocycles. The number of likely N-dealkylation sites (N-methyl/N-ethyl adjacent to an activating group) is 1. The van der Waals surface area contributed by atoms with E-state index in [2.05, 4.69) is 4.98 Å². The first-order chi connectivity index (χ1) is 6.50. The highest BCUT2D eigenvalue weighted by molar-refractivity contribution is 5.91. The van der Waals surface area contributed by atoms with E-state index in [1.54, 1.807) is 29.0 Å². The van der Waals surface area contributed by atoms with Gasteiger partial charge in [-0.1, -0.05) is 0 Å². The Morgan fingerprint density at radius 2 is 2.43 bits per heavy atom. The van der Waals surface area contributed by atoms with Gasteiger partial charge in [0.1, 0.15) is 5.69 Å². The third-order valence-corrected chi connectivity index (χ3v) is 1.83. The highest BCUT2D eigenvalue weighted by atomic mass is 16.2. The van der Waals surface area contributed by atoms with Gasteiger partial charge in [0.15, 0.2) is 0 Å². The van der Waals surface area contributed by atoms with E-state index in [1.165, 1.54) is 0 Å². The molecule has 5 heteroatoms. The molecule has 1 amide bonds. The molecule has 2 N–H and O–H groups in total. The van der Waals surface area contributed by atoms with Crippen molar-refractivity contribution in [1.82, 2.24) is 14.5 Å². The first-order valence-electron chi connectivity index (χ1n) is 4.49. The van der Waals surface area contributed by atoms with Crippen molar-refractivity contribution in [3.63, 3.8) is 0 Å². The van der Waals surface area contributed by atoms with Gasteiger partial charge < -0.3 is 15.2 Å². The van der Waals surface area contributed by atoms with Crippen LogP contribution in [0, 0.1) is 0 Å². The zero-order chi connectivity index (χ0) is 10.7. The number of nitrogens with zero attached hydrogens (tertiary/aromatic N) is 3. The van der Waals surface area contributed by atoms with Gasteiger partial charge in [0.2, 0.25) is 0 Å². The summed E-state index contributed by atoms with van der Waals surface area (Å²) in [4.78, 5) is 17.2. The number of carbonyl (C=O) groups is 1. The van der Waals surface area contributed by atoms with Crippen molar-refractivity contribution >= 4 is 5.91 Å². The molecular formula is C9H16N4O. The average molecular weight is 196 g/mol. The SMILES string of the molecule is CC(N)CN(C)C(=O)c1cn(C)cn1. The third kappa shape index (κ3) is 2.56. The standard InChI is InChI=1S/C9H16N4O/c1-7(10)4-13(3)9(14)8-5-12(2)6-11-8/h5-7H,4,10H2,1-3H3. The Labute approximate surface area is 83.5 Å². The Morgan fingerprint density at radius 3 is 2.86 bits per heavy atom. The summed E-state index contributed by atoms with van der Waals surface area (Å²) in [6.07, 6.45) is 3.30. The van der Waals surface area contributed by atoms with Crippen LogP contribution in [-0.4, -0.2) is 40.0 Å². The average Bonchev–Trinajstić information content (AvgIpc) is 2.49. The second kappa shape index (κ2) is 4.23. The summed E-state index contributed by atoms with van der Waals surface area (Å²) >= 11 is 0. The van der Waals surface area contributed by atoms with Crippen LogP contribution in [-0.2, 0) is 7.05 Å². The topological polar surface area (TPSA) is 64.2 Å². The van der Waals surface area contributed by atoms with Crippen LogP contribution < -0.4 is 5.73 Å². The summed E-state index contributed by atoms with van der Waals surface area (Å²) in [5.41, 5.74) is 6.05. The van der Waals surface area contributed by atoms with Crippen LogP contribution >= 0.6 is 0 Å². The fraction of sp³-hybridized carbons (Fsp3) is 0.556. The van der Waals surface area contributed by atoms with Gasteiger partial charge in [-0.05, 0) is 6.92 Å². The summed E-state index contributed by atoms with van der Waals surface area (Å²) in [7, 11) is 3.55. The number of amides is 1. The third-order valence-electron chi connectivity index (χ3n) is 1.83. The Morgan fingerprint density at radius 1 is 1.79 bits per heavy atom. The zero-order valence-electron chi connectivity index (χ0n) is 8.77. The fourth-order valence-corrected chi connectivity index (χ4v) is 1.23. The van der Waals surface area contributed by atoms with Crippen molar-refractivity contribution in [2.24, 2.45) is 12.8 Å². The molecule has 0 aliphatic carbocycles. The lowest BCUT2D eigenvalue weighted by Gasteiger charge is -2.17. The van der Waals surface area contributed by atoms with Crippen LogP contribution in [0.1, 0.15) is 17.4 Å². The number of carbonyl (C=O) groups excluding carboxylic acids is 1. The van der Waals surface area contributed by atoms with Gasteiger partial charge in [0.25, 0.3) is 5.91 Å². The first kappa shape index (κ1) is 10.7. The molecule has 14 heavy (non-hydrogen) atoms. The van der Waals surface area contributed by atoms with Gasteiger partial charge in [-0.2, -0.15) is 0 Å². The molecule has 78 valence electrons. The molecule has 0 aromatic carbocycles. The molecule has 0 radical (unpaired) electrons. The maximum atomic E-state index is 11.7. The number of hydrogen-bond acceptors (Lipinski definition) is 3. The second-order valence-electron chi connectivity index (χ2n) is 3.59. The summed E-state index contributed by atoms with van der Waals surface area (Å²) in [5, 5.41) is 0. The minimum absolute atomic E-state index is 0.0207. The molecule has 0 aliphatic rings. The Bertz CT molecular complexity index is 318. The molecule has 0 saturated heterocycles. The molecule has 1 heterocycles. The molecule has 1 aromatic rings. The van der Waals surface area contributed by atoms with Gasteiger partial charge in [-0.3, -0.25) is 4.79 Å². The highest BCUT2D eigenvalue weighted by Gasteiger charge is 2.14. The molecule has 1 aromatic heterocycles. The Balaban J connectivity index is 2.65. The van der Waals surface area contributed by atoms with Crippen molar-refractivity contribution in [3.8, 4) is 0 Å². The van der Waals surface area contributed by atoms with Crippen molar-refractivity contribution in [1.29, 1.82) is 0 Å². The van der Waals surface area contributed by atoms with Crippen molar-refractivity contribution in [2.45, 2.75) is 13.0 Å². The minimum Gasteiger partial charge on any atom is -0.340 e. The van der Waals surface area contributed by atoms with E-state index in [1.807, 2.05) is 14.0 Å². The largest absolute Gasteiger partial charge is 0.340 e. The van der Waals surface area contributed by atoms with Gasteiger partial charge in [-0.25, -0.2) is 4.98 Å². The van der Waals surface area contributed by atoms with E-state index in [9.17, 15) is 4.79 Å². The zero-order valence-corrected chi connectivity index (χ0v) is 8.77.